The average Bonchev–Trinajstić information content (AvgIpc) is 3.12. The highest BCUT2D eigenvalue weighted by molar-refractivity contribution is 5.83. The van der Waals surface area contributed by atoms with Gasteiger partial charge in [-0.3, -0.25) is 9.59 Å². The molecule has 14 heteroatoms. The zero-order valence-electron chi connectivity index (χ0n) is 33.5. The normalized spacial score (nSPS) is 39.2. The van der Waals surface area contributed by atoms with Crippen LogP contribution in [0.4, 0.5) is 4.79 Å². The van der Waals surface area contributed by atoms with Crippen molar-refractivity contribution in [2.75, 3.05) is 28.3 Å². The highest BCUT2D eigenvalue weighted by atomic mass is 16.7. The van der Waals surface area contributed by atoms with Gasteiger partial charge in [0.2, 0.25) is 0 Å². The molecule has 2 aliphatic heterocycles. The van der Waals surface area contributed by atoms with Crippen molar-refractivity contribution in [2.45, 2.75) is 141 Å². The summed E-state index contributed by atoms with van der Waals surface area (Å²) >= 11 is 0. The minimum atomic E-state index is -1.99. The van der Waals surface area contributed by atoms with Gasteiger partial charge in [-0.1, -0.05) is 39.8 Å². The third kappa shape index (κ3) is 10.5. The molecule has 2 aliphatic rings. The molecule has 2 heterocycles. The lowest BCUT2D eigenvalue weighted by Crippen LogP contribution is -2.60. The molecule has 0 aromatic heterocycles. The summed E-state index contributed by atoms with van der Waals surface area (Å²) in [5, 5.41) is 37.2. The number of cyclic esters (lactones) is 1. The van der Waals surface area contributed by atoms with E-state index >= 15 is 0 Å². The van der Waals surface area contributed by atoms with Crippen molar-refractivity contribution in [3.8, 4) is 5.75 Å². The van der Waals surface area contributed by atoms with Gasteiger partial charge < -0.3 is 54.0 Å². The average molecular weight is 753 g/mol. The quantitative estimate of drug-likeness (QED) is 0.270. The predicted octanol–water partition coefficient (Wildman–Crippen LogP) is 3.46. The second kappa shape index (κ2) is 18.7. The van der Waals surface area contributed by atoms with E-state index in [1.165, 1.54) is 21.0 Å². The molecule has 0 bridgehead atoms. The SMILES string of the molecule is CC[C@H]1OC(=O)[C@H](C)[C@@H](OC(=O)NCc2ccc(OC)cc2)[C@H](C)[C@@H](O[C@@H]2O[C@H](C)C[C@H](N(C)C)[C@H]2O)[C@](C)(OC)C[C@@H](C)C(=O)[C@H](C)[C@@H](O)[C@]1(C)O. The molecule has 302 valence electrons. The number of Topliss-reactive ketones (excluding diaryl/α,β-unsaturated/α-hetero) is 1. The van der Waals surface area contributed by atoms with Crippen molar-refractivity contribution >= 4 is 17.8 Å². The van der Waals surface area contributed by atoms with Gasteiger partial charge in [0, 0.05) is 37.5 Å². The standard InChI is InChI=1S/C39H64N2O12/c1-13-29-39(8,47)33(44)23(4)30(42)21(2)19-38(7,49-12)34(53-36-31(43)28(41(9)10)18-22(3)50-36)24(5)32(25(6)35(45)51-29)52-37(46)40-20-26-14-16-27(48-11)17-15-26/h14-17,21-25,28-29,31-34,36,43-44,47H,13,18-20H2,1-12H3,(H,40,46)/t21-,22-,23+,24+,25-,28+,29-,31-,32+,33-,34-,36+,38-,39-/m1/s1. The van der Waals surface area contributed by atoms with Gasteiger partial charge in [-0.05, 0) is 78.7 Å². The molecule has 0 radical (unpaired) electrons. The van der Waals surface area contributed by atoms with Crippen molar-refractivity contribution in [3.63, 3.8) is 0 Å². The maximum Gasteiger partial charge on any atom is 0.407 e. The Balaban J connectivity index is 2.14. The Bertz CT molecular complexity index is 1360. The molecule has 2 saturated heterocycles. The number of likely N-dealkylation sites (N-methyl/N-ethyl adjacent to an activating group) is 1. The van der Waals surface area contributed by atoms with E-state index in [0.717, 1.165) is 5.56 Å². The molecule has 14 atom stereocenters. The Labute approximate surface area is 314 Å². The van der Waals surface area contributed by atoms with Crippen LogP contribution >= 0.6 is 0 Å². The van der Waals surface area contributed by atoms with E-state index in [1.807, 2.05) is 25.9 Å². The van der Waals surface area contributed by atoms with E-state index in [2.05, 4.69) is 5.32 Å². The number of rotatable bonds is 9. The molecule has 1 aromatic rings. The number of ether oxygens (including phenoxy) is 6. The number of alkyl carbamates (subject to hydrolysis) is 1. The fourth-order valence-corrected chi connectivity index (χ4v) is 7.87. The van der Waals surface area contributed by atoms with E-state index < -0.39 is 83.7 Å². The number of nitrogens with zero attached hydrogens (tertiary/aromatic N) is 1. The Morgan fingerprint density at radius 1 is 1.02 bits per heavy atom. The predicted molar refractivity (Wildman–Crippen MR) is 196 cm³/mol. The van der Waals surface area contributed by atoms with Crippen LogP contribution in [0.15, 0.2) is 24.3 Å². The zero-order valence-corrected chi connectivity index (χ0v) is 33.5. The number of carbonyl (C=O) groups is 3. The number of carbonyl (C=O) groups excluding carboxylic acids is 3. The number of ketones is 1. The number of benzene rings is 1. The van der Waals surface area contributed by atoms with Crippen molar-refractivity contribution in [2.24, 2.45) is 23.7 Å². The Hall–Kier alpha value is -2.85. The summed E-state index contributed by atoms with van der Waals surface area (Å²) in [4.78, 5) is 43.4. The fraction of sp³-hybridized carbons (Fsp3) is 0.769. The Morgan fingerprint density at radius 2 is 1.64 bits per heavy atom. The summed E-state index contributed by atoms with van der Waals surface area (Å²) in [6.07, 6.45) is -7.65. The largest absolute Gasteiger partial charge is 0.497 e. The maximum atomic E-state index is 14.0. The highest BCUT2D eigenvalue weighted by Gasteiger charge is 2.53. The summed E-state index contributed by atoms with van der Waals surface area (Å²) in [5.74, 6) is -4.22. The van der Waals surface area contributed by atoms with Gasteiger partial charge in [0.15, 0.2) is 6.29 Å². The first-order chi connectivity index (χ1) is 24.7. The smallest absolute Gasteiger partial charge is 0.407 e. The van der Waals surface area contributed by atoms with Crippen LogP contribution in [0.3, 0.4) is 0 Å². The van der Waals surface area contributed by atoms with Crippen LogP contribution in [0.25, 0.3) is 0 Å². The van der Waals surface area contributed by atoms with Gasteiger partial charge in [-0.2, -0.15) is 0 Å². The van der Waals surface area contributed by atoms with Crippen molar-refractivity contribution < 1.29 is 58.1 Å². The lowest BCUT2D eigenvalue weighted by Gasteiger charge is -2.48. The molecule has 0 unspecified atom stereocenters. The Kier molecular flexibility index (Phi) is 15.7. The summed E-state index contributed by atoms with van der Waals surface area (Å²) in [5.41, 5.74) is -2.53. The van der Waals surface area contributed by atoms with Crippen molar-refractivity contribution in [3.05, 3.63) is 29.8 Å². The zero-order chi connectivity index (χ0) is 40.0. The van der Waals surface area contributed by atoms with Crippen LogP contribution in [-0.2, 0) is 39.8 Å². The number of nitrogens with one attached hydrogen (secondary N) is 1. The first-order valence-electron chi connectivity index (χ1n) is 18.6. The first-order valence-corrected chi connectivity index (χ1v) is 18.6. The van der Waals surface area contributed by atoms with Crippen LogP contribution in [0.1, 0.15) is 80.2 Å². The molecule has 0 aliphatic carbocycles. The molecule has 0 saturated carbocycles. The number of aliphatic hydroxyl groups excluding tert-OH is 2. The molecular formula is C39H64N2O12. The monoisotopic (exact) mass is 752 g/mol. The number of esters is 1. The minimum absolute atomic E-state index is 0.0679. The maximum absolute atomic E-state index is 14.0. The van der Waals surface area contributed by atoms with Gasteiger partial charge in [0.05, 0.1) is 36.9 Å². The van der Waals surface area contributed by atoms with Crippen molar-refractivity contribution in [1.29, 1.82) is 0 Å². The van der Waals surface area contributed by atoms with Crippen LogP contribution in [0.2, 0.25) is 0 Å². The fourth-order valence-electron chi connectivity index (χ4n) is 7.87. The lowest BCUT2D eigenvalue weighted by molar-refractivity contribution is -0.301. The second-order valence-electron chi connectivity index (χ2n) is 15.7. The van der Waals surface area contributed by atoms with Gasteiger partial charge in [-0.25, -0.2) is 4.79 Å². The first kappa shape index (κ1) is 44.5. The number of aliphatic hydroxyl groups is 3. The lowest BCUT2D eigenvalue weighted by atomic mass is 9.74. The van der Waals surface area contributed by atoms with Crippen LogP contribution in [0, 0.1) is 23.7 Å². The molecule has 2 fully saturated rings. The summed E-state index contributed by atoms with van der Waals surface area (Å²) in [6, 6.07) is 6.81. The minimum Gasteiger partial charge on any atom is -0.497 e. The van der Waals surface area contributed by atoms with E-state index in [4.69, 9.17) is 28.4 Å². The molecule has 14 nitrogen and oxygen atoms in total. The van der Waals surface area contributed by atoms with Crippen LogP contribution in [-0.4, -0.2) is 127 Å². The van der Waals surface area contributed by atoms with E-state index in [9.17, 15) is 29.7 Å². The summed E-state index contributed by atoms with van der Waals surface area (Å²) in [7, 11) is 6.75. The number of hydrogen-bond donors (Lipinski definition) is 4. The molecular weight excluding hydrogens is 688 g/mol. The molecule has 4 N–H and O–H groups in total. The highest BCUT2D eigenvalue weighted by Crippen LogP contribution is 2.40. The van der Waals surface area contributed by atoms with Crippen LogP contribution < -0.4 is 10.1 Å². The summed E-state index contributed by atoms with van der Waals surface area (Å²) in [6.45, 7) is 13.3. The number of hydrogen-bond acceptors (Lipinski definition) is 13. The van der Waals surface area contributed by atoms with Gasteiger partial charge in [0.25, 0.3) is 0 Å². The number of methoxy groups -OCH3 is 2. The summed E-state index contributed by atoms with van der Waals surface area (Å²) < 4.78 is 36.3. The van der Waals surface area contributed by atoms with E-state index in [-0.39, 0.29) is 37.3 Å². The third-order valence-electron chi connectivity index (χ3n) is 11.3. The van der Waals surface area contributed by atoms with E-state index in [0.29, 0.717) is 12.2 Å². The number of amides is 1. The Morgan fingerprint density at radius 3 is 2.19 bits per heavy atom. The molecule has 53 heavy (non-hydrogen) atoms. The molecule has 0 spiro atoms. The van der Waals surface area contributed by atoms with Gasteiger partial charge in [0.1, 0.15) is 35.4 Å². The molecule has 1 aromatic carbocycles. The third-order valence-corrected chi connectivity index (χ3v) is 11.3. The van der Waals surface area contributed by atoms with Crippen molar-refractivity contribution in [1.82, 2.24) is 10.2 Å². The van der Waals surface area contributed by atoms with E-state index in [1.54, 1.807) is 66.0 Å². The van der Waals surface area contributed by atoms with Gasteiger partial charge in [-0.15, -0.1) is 0 Å². The topological polar surface area (TPSA) is 183 Å². The molecule has 1 amide bonds. The molecule has 3 rings (SSSR count). The second-order valence-corrected chi connectivity index (χ2v) is 15.7. The van der Waals surface area contributed by atoms with Crippen LogP contribution in [0.5, 0.6) is 5.75 Å². The van der Waals surface area contributed by atoms with Gasteiger partial charge >= 0.3 is 12.1 Å².